The molecule has 2 N–H and O–H groups in total. The summed E-state index contributed by atoms with van der Waals surface area (Å²) >= 11 is 6.01. The summed E-state index contributed by atoms with van der Waals surface area (Å²) in [6.07, 6.45) is 7.25. The summed E-state index contributed by atoms with van der Waals surface area (Å²) < 4.78 is 6.97. The zero-order valence-corrected chi connectivity index (χ0v) is 9.61. The summed E-state index contributed by atoms with van der Waals surface area (Å²) in [5.41, 5.74) is 7.14. The molecule has 0 atom stereocenters. The topological polar surface area (TPSA) is 52.5 Å². The number of fused-ring (bicyclic) bond motifs is 1. The minimum atomic E-state index is 0.500. The lowest BCUT2D eigenvalue weighted by atomic mass is 10.2. The molecule has 0 aliphatic rings. The average Bonchev–Trinajstić information content (AvgIpc) is 2.67. The summed E-state index contributed by atoms with van der Waals surface area (Å²) in [5, 5.41) is 4.71. The van der Waals surface area contributed by atoms with Crippen LogP contribution in [-0.4, -0.2) is 23.3 Å². The smallest absolute Gasteiger partial charge is 0.146 e. The molecule has 2 aromatic rings. The molecular weight excluding hydrogens is 226 g/mol. The van der Waals surface area contributed by atoms with E-state index in [0.717, 1.165) is 11.1 Å². The lowest BCUT2D eigenvalue weighted by Crippen LogP contribution is -1.95. The van der Waals surface area contributed by atoms with Crippen LogP contribution in [0.25, 0.3) is 11.6 Å². The zero-order valence-electron chi connectivity index (χ0n) is 8.85. The molecule has 84 valence electrons. The summed E-state index contributed by atoms with van der Waals surface area (Å²) in [7, 11) is 1.61. The van der Waals surface area contributed by atoms with E-state index in [1.54, 1.807) is 17.8 Å². The molecule has 0 saturated carbocycles. The largest absolute Gasteiger partial charge is 0.494 e. The third kappa shape index (κ3) is 1.89. The number of aromatic nitrogens is 2. The van der Waals surface area contributed by atoms with Crippen LogP contribution in [0, 0.1) is 0 Å². The summed E-state index contributed by atoms with van der Waals surface area (Å²) in [6.45, 7) is 0.500. The van der Waals surface area contributed by atoms with E-state index >= 15 is 0 Å². The number of pyridine rings is 1. The van der Waals surface area contributed by atoms with Gasteiger partial charge in [0.2, 0.25) is 0 Å². The molecule has 0 amide bonds. The Morgan fingerprint density at radius 2 is 2.44 bits per heavy atom. The maximum Gasteiger partial charge on any atom is 0.146 e. The predicted molar refractivity (Wildman–Crippen MR) is 64.8 cm³/mol. The van der Waals surface area contributed by atoms with Crippen molar-refractivity contribution < 1.29 is 4.74 Å². The van der Waals surface area contributed by atoms with Crippen molar-refractivity contribution in [2.75, 3.05) is 13.7 Å². The van der Waals surface area contributed by atoms with Crippen molar-refractivity contribution in [1.82, 2.24) is 9.61 Å². The quantitative estimate of drug-likeness (QED) is 0.888. The van der Waals surface area contributed by atoms with Crippen molar-refractivity contribution in [1.29, 1.82) is 0 Å². The Morgan fingerprint density at radius 3 is 3.12 bits per heavy atom. The van der Waals surface area contributed by atoms with E-state index in [0.29, 0.717) is 17.3 Å². The third-order valence-corrected chi connectivity index (χ3v) is 2.50. The predicted octanol–water partition coefficient (Wildman–Crippen LogP) is 1.97. The number of nitrogens with two attached hydrogens (primary N) is 1. The van der Waals surface area contributed by atoms with E-state index in [1.807, 2.05) is 24.4 Å². The van der Waals surface area contributed by atoms with E-state index < -0.39 is 0 Å². The Balaban J connectivity index is 2.60. The van der Waals surface area contributed by atoms with Crippen molar-refractivity contribution in [2.24, 2.45) is 5.73 Å². The minimum Gasteiger partial charge on any atom is -0.494 e. The fraction of sp³-hybridized carbons (Fsp3) is 0.182. The first-order valence-electron chi connectivity index (χ1n) is 4.83. The lowest BCUT2D eigenvalue weighted by Gasteiger charge is -2.05. The second kappa shape index (κ2) is 4.55. The maximum atomic E-state index is 6.01. The van der Waals surface area contributed by atoms with Gasteiger partial charge in [0, 0.05) is 12.7 Å². The standard InChI is InChI=1S/C11H12ClN3O/c1-16-10-5-8(3-2-4-13)7-15-11(10)9(12)6-14-15/h2-3,5-7H,4,13H2,1H3. The summed E-state index contributed by atoms with van der Waals surface area (Å²) in [4.78, 5) is 0. The van der Waals surface area contributed by atoms with Crippen LogP contribution in [0.5, 0.6) is 5.75 Å². The molecule has 0 saturated heterocycles. The van der Waals surface area contributed by atoms with Crippen LogP contribution in [0.15, 0.2) is 24.5 Å². The van der Waals surface area contributed by atoms with Crippen LogP contribution < -0.4 is 10.5 Å². The van der Waals surface area contributed by atoms with E-state index in [-0.39, 0.29) is 0 Å². The van der Waals surface area contributed by atoms with Crippen molar-refractivity contribution in [2.45, 2.75) is 0 Å². The molecule has 0 radical (unpaired) electrons. The van der Waals surface area contributed by atoms with Gasteiger partial charge in [-0.25, -0.2) is 4.52 Å². The second-order valence-electron chi connectivity index (χ2n) is 3.27. The van der Waals surface area contributed by atoms with Gasteiger partial charge in [0.1, 0.15) is 11.3 Å². The van der Waals surface area contributed by atoms with Crippen molar-refractivity contribution >= 4 is 23.2 Å². The minimum absolute atomic E-state index is 0.500. The van der Waals surface area contributed by atoms with Crippen LogP contribution >= 0.6 is 11.6 Å². The number of halogens is 1. The first-order valence-corrected chi connectivity index (χ1v) is 5.21. The van der Waals surface area contributed by atoms with E-state index in [4.69, 9.17) is 22.1 Å². The van der Waals surface area contributed by atoms with Crippen LogP contribution in [-0.2, 0) is 0 Å². The fourth-order valence-corrected chi connectivity index (χ4v) is 1.74. The normalized spacial score (nSPS) is 11.4. The fourth-order valence-electron chi connectivity index (χ4n) is 1.52. The molecule has 2 aromatic heterocycles. The van der Waals surface area contributed by atoms with Crippen LogP contribution in [0.3, 0.4) is 0 Å². The number of ether oxygens (including phenoxy) is 1. The molecule has 0 fully saturated rings. The monoisotopic (exact) mass is 237 g/mol. The van der Waals surface area contributed by atoms with Crippen molar-refractivity contribution in [3.63, 3.8) is 0 Å². The Bertz CT molecular complexity index is 533. The molecule has 16 heavy (non-hydrogen) atoms. The maximum absolute atomic E-state index is 6.01. The van der Waals surface area contributed by atoms with Crippen LogP contribution in [0.4, 0.5) is 0 Å². The molecule has 2 rings (SSSR count). The van der Waals surface area contributed by atoms with Gasteiger partial charge in [0.25, 0.3) is 0 Å². The molecule has 2 heterocycles. The van der Waals surface area contributed by atoms with Gasteiger partial charge in [-0.3, -0.25) is 0 Å². The van der Waals surface area contributed by atoms with Gasteiger partial charge in [0.15, 0.2) is 0 Å². The Morgan fingerprint density at radius 1 is 1.62 bits per heavy atom. The second-order valence-corrected chi connectivity index (χ2v) is 3.67. The number of hydrogen-bond acceptors (Lipinski definition) is 3. The van der Waals surface area contributed by atoms with Crippen LogP contribution in [0.2, 0.25) is 5.02 Å². The molecule has 0 unspecified atom stereocenters. The van der Waals surface area contributed by atoms with Crippen LogP contribution in [0.1, 0.15) is 5.56 Å². The van der Waals surface area contributed by atoms with Gasteiger partial charge in [-0.05, 0) is 11.6 Å². The number of hydrogen-bond donors (Lipinski definition) is 1. The highest BCUT2D eigenvalue weighted by atomic mass is 35.5. The van der Waals surface area contributed by atoms with Crippen molar-refractivity contribution in [3.05, 3.63) is 35.1 Å². The van der Waals surface area contributed by atoms with Gasteiger partial charge in [-0.15, -0.1) is 0 Å². The van der Waals surface area contributed by atoms with E-state index in [2.05, 4.69) is 5.10 Å². The van der Waals surface area contributed by atoms with Crippen molar-refractivity contribution in [3.8, 4) is 5.75 Å². The average molecular weight is 238 g/mol. The number of rotatable bonds is 3. The Kier molecular flexibility index (Phi) is 3.12. The molecule has 0 bridgehead atoms. The lowest BCUT2D eigenvalue weighted by molar-refractivity contribution is 0.417. The highest BCUT2D eigenvalue weighted by Crippen LogP contribution is 2.28. The first-order chi connectivity index (χ1) is 7.76. The van der Waals surface area contributed by atoms with Gasteiger partial charge < -0.3 is 10.5 Å². The molecule has 5 heteroatoms. The van der Waals surface area contributed by atoms with E-state index in [9.17, 15) is 0 Å². The number of nitrogens with zero attached hydrogens (tertiary/aromatic N) is 2. The Labute approximate surface area is 98.3 Å². The molecule has 4 nitrogen and oxygen atoms in total. The zero-order chi connectivity index (χ0) is 11.5. The van der Waals surface area contributed by atoms with Gasteiger partial charge in [0.05, 0.1) is 18.3 Å². The highest BCUT2D eigenvalue weighted by molar-refractivity contribution is 6.34. The molecular formula is C11H12ClN3O. The number of methoxy groups -OCH3 is 1. The first kappa shape index (κ1) is 11.0. The molecule has 0 aromatic carbocycles. The molecule has 0 aliphatic carbocycles. The molecule has 0 aliphatic heterocycles. The third-order valence-electron chi connectivity index (χ3n) is 2.22. The van der Waals surface area contributed by atoms with Gasteiger partial charge in [-0.1, -0.05) is 23.8 Å². The molecule has 0 spiro atoms. The SMILES string of the molecule is COc1cc(C=CCN)cn2ncc(Cl)c12. The Hall–Kier alpha value is -1.52. The summed E-state index contributed by atoms with van der Waals surface area (Å²) in [5.74, 6) is 0.696. The summed E-state index contributed by atoms with van der Waals surface area (Å²) in [6, 6.07) is 1.90. The van der Waals surface area contributed by atoms with Gasteiger partial charge >= 0.3 is 0 Å². The highest BCUT2D eigenvalue weighted by Gasteiger charge is 2.08. The van der Waals surface area contributed by atoms with E-state index in [1.165, 1.54) is 0 Å². The van der Waals surface area contributed by atoms with Gasteiger partial charge in [-0.2, -0.15) is 5.10 Å².